The Morgan fingerprint density at radius 3 is 2.36 bits per heavy atom. The van der Waals surface area contributed by atoms with Crippen LogP contribution in [0.1, 0.15) is 20.3 Å². The molecule has 0 spiro atoms. The number of anilines is 1. The van der Waals surface area contributed by atoms with Crippen LogP contribution in [0.5, 0.6) is 5.75 Å². The Balaban J connectivity index is 2.60. The smallest absolute Gasteiger partial charge is 0.115 e. The normalized spacial score (nSPS) is 12.5. The van der Waals surface area contributed by atoms with Crippen LogP contribution in [-0.4, -0.2) is 18.7 Å². The monoisotopic (exact) mass is 193 g/mol. The van der Waals surface area contributed by atoms with Crippen LogP contribution in [0.15, 0.2) is 24.3 Å². The average molecular weight is 193 g/mol. The third kappa shape index (κ3) is 2.95. The van der Waals surface area contributed by atoms with E-state index >= 15 is 0 Å². The van der Waals surface area contributed by atoms with E-state index < -0.39 is 0 Å². The Hall–Kier alpha value is -1.18. The molecule has 0 fully saturated rings. The lowest BCUT2D eigenvalue weighted by Crippen LogP contribution is -2.23. The third-order valence-electron chi connectivity index (χ3n) is 2.57. The minimum Gasteiger partial charge on any atom is -0.508 e. The van der Waals surface area contributed by atoms with Gasteiger partial charge in [-0.3, -0.25) is 0 Å². The van der Waals surface area contributed by atoms with E-state index in [0.717, 1.165) is 12.2 Å². The Morgan fingerprint density at radius 2 is 1.86 bits per heavy atom. The van der Waals surface area contributed by atoms with Crippen LogP contribution in [0.3, 0.4) is 0 Å². The predicted octanol–water partition coefficient (Wildman–Crippen LogP) is 2.87. The van der Waals surface area contributed by atoms with Gasteiger partial charge in [-0.2, -0.15) is 0 Å². The number of aromatic hydroxyl groups is 1. The molecule has 0 aromatic heterocycles. The van der Waals surface area contributed by atoms with Crippen LogP contribution >= 0.6 is 0 Å². The van der Waals surface area contributed by atoms with Gasteiger partial charge >= 0.3 is 0 Å². The van der Waals surface area contributed by atoms with E-state index in [1.165, 1.54) is 6.42 Å². The van der Waals surface area contributed by atoms with Crippen molar-refractivity contribution in [3.63, 3.8) is 0 Å². The quantitative estimate of drug-likeness (QED) is 0.794. The van der Waals surface area contributed by atoms with Crippen molar-refractivity contribution in [3.8, 4) is 5.75 Å². The molecule has 0 amide bonds. The van der Waals surface area contributed by atoms with Gasteiger partial charge in [0.05, 0.1) is 0 Å². The molecule has 0 saturated carbocycles. The Kier molecular flexibility index (Phi) is 3.81. The SMILES string of the molecule is CCC(C)CN(C)c1ccc(O)cc1. The zero-order valence-electron chi connectivity index (χ0n) is 9.20. The molecule has 1 atom stereocenters. The van der Waals surface area contributed by atoms with Crippen molar-refractivity contribution in [1.82, 2.24) is 0 Å². The van der Waals surface area contributed by atoms with Crippen LogP contribution in [0.25, 0.3) is 0 Å². The van der Waals surface area contributed by atoms with Crippen LogP contribution in [0, 0.1) is 5.92 Å². The van der Waals surface area contributed by atoms with Crippen LogP contribution in [-0.2, 0) is 0 Å². The molecule has 0 heterocycles. The fraction of sp³-hybridized carbons (Fsp3) is 0.500. The molecular formula is C12H19NO. The lowest BCUT2D eigenvalue weighted by atomic mass is 10.1. The second-order valence-electron chi connectivity index (χ2n) is 3.91. The summed E-state index contributed by atoms with van der Waals surface area (Å²) < 4.78 is 0. The number of phenols is 1. The molecule has 1 N–H and O–H groups in total. The standard InChI is InChI=1S/C12H19NO/c1-4-10(2)9-13(3)11-5-7-12(14)8-6-11/h5-8,10,14H,4,9H2,1-3H3. The first-order valence-corrected chi connectivity index (χ1v) is 5.13. The topological polar surface area (TPSA) is 23.5 Å². The molecule has 14 heavy (non-hydrogen) atoms. The first-order valence-electron chi connectivity index (χ1n) is 5.13. The summed E-state index contributed by atoms with van der Waals surface area (Å²) in [5.41, 5.74) is 1.16. The second-order valence-corrected chi connectivity index (χ2v) is 3.91. The largest absolute Gasteiger partial charge is 0.508 e. The maximum atomic E-state index is 9.15. The molecule has 0 aliphatic rings. The fourth-order valence-electron chi connectivity index (χ4n) is 1.41. The number of benzene rings is 1. The maximum absolute atomic E-state index is 9.15. The Morgan fingerprint density at radius 1 is 1.29 bits per heavy atom. The zero-order valence-corrected chi connectivity index (χ0v) is 9.20. The predicted molar refractivity (Wildman–Crippen MR) is 60.8 cm³/mol. The molecule has 2 heteroatoms. The van der Waals surface area contributed by atoms with Gasteiger partial charge in [-0.1, -0.05) is 20.3 Å². The molecule has 1 rings (SSSR count). The second kappa shape index (κ2) is 4.89. The summed E-state index contributed by atoms with van der Waals surface area (Å²) in [5.74, 6) is 1.03. The van der Waals surface area contributed by atoms with Gasteiger partial charge in [-0.25, -0.2) is 0 Å². The first kappa shape index (κ1) is 10.9. The summed E-state index contributed by atoms with van der Waals surface area (Å²) in [6.45, 7) is 5.51. The summed E-state index contributed by atoms with van der Waals surface area (Å²) in [7, 11) is 2.08. The van der Waals surface area contributed by atoms with Gasteiger partial charge in [0, 0.05) is 19.3 Å². The fourth-order valence-corrected chi connectivity index (χ4v) is 1.41. The van der Waals surface area contributed by atoms with Gasteiger partial charge in [0.15, 0.2) is 0 Å². The van der Waals surface area contributed by atoms with Crippen molar-refractivity contribution in [2.45, 2.75) is 20.3 Å². The van der Waals surface area contributed by atoms with E-state index in [2.05, 4.69) is 25.8 Å². The van der Waals surface area contributed by atoms with E-state index in [-0.39, 0.29) is 0 Å². The lowest BCUT2D eigenvalue weighted by Gasteiger charge is -2.22. The van der Waals surface area contributed by atoms with Gasteiger partial charge in [0.1, 0.15) is 5.75 Å². The van der Waals surface area contributed by atoms with E-state index in [0.29, 0.717) is 11.7 Å². The Labute approximate surface area is 86.2 Å². The van der Waals surface area contributed by atoms with E-state index in [1.54, 1.807) is 12.1 Å². The van der Waals surface area contributed by atoms with Crippen molar-refractivity contribution in [1.29, 1.82) is 0 Å². The molecule has 1 unspecified atom stereocenters. The molecule has 78 valence electrons. The van der Waals surface area contributed by atoms with Gasteiger partial charge in [0.25, 0.3) is 0 Å². The first-order chi connectivity index (χ1) is 6.63. The Bertz CT molecular complexity index is 268. The highest BCUT2D eigenvalue weighted by molar-refractivity contribution is 5.47. The number of hydrogen-bond donors (Lipinski definition) is 1. The van der Waals surface area contributed by atoms with Gasteiger partial charge in [0.2, 0.25) is 0 Å². The zero-order chi connectivity index (χ0) is 10.6. The summed E-state index contributed by atoms with van der Waals surface area (Å²) in [4.78, 5) is 2.22. The average Bonchev–Trinajstić information content (AvgIpc) is 2.18. The molecule has 2 nitrogen and oxygen atoms in total. The summed E-state index contributed by atoms with van der Waals surface area (Å²) in [6.07, 6.45) is 1.20. The number of hydrogen-bond acceptors (Lipinski definition) is 2. The molecule has 1 aromatic rings. The van der Waals surface area contributed by atoms with Crippen LogP contribution in [0.4, 0.5) is 5.69 Å². The van der Waals surface area contributed by atoms with E-state index in [1.807, 2.05) is 12.1 Å². The van der Waals surface area contributed by atoms with Crippen molar-refractivity contribution >= 4 is 5.69 Å². The molecule has 0 aliphatic heterocycles. The van der Waals surface area contributed by atoms with Crippen molar-refractivity contribution in [3.05, 3.63) is 24.3 Å². The lowest BCUT2D eigenvalue weighted by molar-refractivity contribution is 0.475. The van der Waals surface area contributed by atoms with Crippen molar-refractivity contribution < 1.29 is 5.11 Å². The molecule has 0 radical (unpaired) electrons. The van der Waals surface area contributed by atoms with E-state index in [9.17, 15) is 0 Å². The highest BCUT2D eigenvalue weighted by Crippen LogP contribution is 2.18. The molecule has 0 aliphatic carbocycles. The minimum absolute atomic E-state index is 0.325. The van der Waals surface area contributed by atoms with Crippen molar-refractivity contribution in [2.75, 3.05) is 18.5 Å². The third-order valence-corrected chi connectivity index (χ3v) is 2.57. The highest BCUT2D eigenvalue weighted by Gasteiger charge is 2.04. The summed E-state index contributed by atoms with van der Waals surface area (Å²) >= 11 is 0. The van der Waals surface area contributed by atoms with Crippen molar-refractivity contribution in [2.24, 2.45) is 5.92 Å². The maximum Gasteiger partial charge on any atom is 0.115 e. The van der Waals surface area contributed by atoms with E-state index in [4.69, 9.17) is 5.11 Å². The summed E-state index contributed by atoms with van der Waals surface area (Å²) in [5, 5.41) is 9.15. The van der Waals surface area contributed by atoms with Gasteiger partial charge in [-0.15, -0.1) is 0 Å². The number of nitrogens with zero attached hydrogens (tertiary/aromatic N) is 1. The van der Waals surface area contributed by atoms with Crippen LogP contribution < -0.4 is 4.90 Å². The minimum atomic E-state index is 0.325. The van der Waals surface area contributed by atoms with Crippen LogP contribution in [0.2, 0.25) is 0 Å². The molecule has 1 aromatic carbocycles. The van der Waals surface area contributed by atoms with Gasteiger partial charge < -0.3 is 10.0 Å². The number of phenolic OH excluding ortho intramolecular Hbond substituents is 1. The molecular weight excluding hydrogens is 174 g/mol. The number of rotatable bonds is 4. The summed E-state index contributed by atoms with van der Waals surface area (Å²) in [6, 6.07) is 7.33. The van der Waals surface area contributed by atoms with Gasteiger partial charge in [-0.05, 0) is 30.2 Å². The molecule has 0 bridgehead atoms. The molecule has 0 saturated heterocycles. The highest BCUT2D eigenvalue weighted by atomic mass is 16.3.